The zero-order valence-corrected chi connectivity index (χ0v) is 14.0. The van der Waals surface area contributed by atoms with Crippen LogP contribution < -0.4 is 10.6 Å². The van der Waals surface area contributed by atoms with Gasteiger partial charge in [-0.05, 0) is 24.3 Å². The van der Waals surface area contributed by atoms with E-state index in [9.17, 15) is 4.79 Å². The average Bonchev–Trinajstić information content (AvgIpc) is 2.67. The average molecular weight is 342 g/mol. The number of hydrogen-bond acceptors (Lipinski definition) is 7. The molecule has 25 heavy (non-hydrogen) atoms. The van der Waals surface area contributed by atoms with Crippen molar-refractivity contribution >= 4 is 11.7 Å². The molecule has 0 spiro atoms. The second-order valence-corrected chi connectivity index (χ2v) is 5.82. The van der Waals surface area contributed by atoms with Gasteiger partial charge in [0.05, 0.1) is 31.5 Å². The monoisotopic (exact) mass is 342 g/mol. The molecule has 1 fully saturated rings. The summed E-state index contributed by atoms with van der Waals surface area (Å²) in [5, 5.41) is 13.9. The van der Waals surface area contributed by atoms with Crippen molar-refractivity contribution in [3.63, 3.8) is 0 Å². The molecular formula is C17H22N6O2. The van der Waals surface area contributed by atoms with Gasteiger partial charge in [-0.15, -0.1) is 5.10 Å². The zero-order chi connectivity index (χ0) is 17.3. The Morgan fingerprint density at radius 2 is 2.24 bits per heavy atom. The molecule has 2 N–H and O–H groups in total. The predicted octanol–water partition coefficient (Wildman–Crippen LogP) is 0.301. The standard InChI is InChI=1S/C17H22N6O2/c24-17(20-10-14-4-1-2-6-18-14)13-23-8-9-25-15(12-23)11-19-16-5-3-7-21-22-16/h1-7,15H,8-13H2,(H,19,22)(H,20,24)/t15-/m0/s1. The summed E-state index contributed by atoms with van der Waals surface area (Å²) in [6, 6.07) is 9.34. The molecule has 1 saturated heterocycles. The van der Waals surface area contributed by atoms with E-state index in [1.54, 1.807) is 12.4 Å². The molecule has 0 aliphatic carbocycles. The van der Waals surface area contributed by atoms with Crippen LogP contribution in [0.1, 0.15) is 5.69 Å². The van der Waals surface area contributed by atoms with E-state index in [2.05, 4.69) is 30.7 Å². The first-order chi connectivity index (χ1) is 12.3. The summed E-state index contributed by atoms with van der Waals surface area (Å²) in [5.74, 6) is 0.713. The minimum atomic E-state index is -0.00631. The van der Waals surface area contributed by atoms with Gasteiger partial charge in [0.1, 0.15) is 5.82 Å². The van der Waals surface area contributed by atoms with E-state index in [1.807, 2.05) is 30.3 Å². The van der Waals surface area contributed by atoms with Crippen LogP contribution in [0, 0.1) is 0 Å². The maximum Gasteiger partial charge on any atom is 0.234 e. The predicted molar refractivity (Wildman–Crippen MR) is 92.8 cm³/mol. The van der Waals surface area contributed by atoms with Crippen molar-refractivity contribution in [3.8, 4) is 0 Å². The number of carbonyl (C=O) groups excluding carboxylic acids is 1. The summed E-state index contributed by atoms with van der Waals surface area (Å²) in [7, 11) is 0. The summed E-state index contributed by atoms with van der Waals surface area (Å²) in [4.78, 5) is 18.4. The maximum atomic E-state index is 12.1. The molecule has 0 bridgehead atoms. The van der Waals surface area contributed by atoms with Gasteiger partial charge in [0.2, 0.25) is 5.91 Å². The molecule has 8 heteroatoms. The summed E-state index contributed by atoms with van der Waals surface area (Å²) < 4.78 is 5.75. The van der Waals surface area contributed by atoms with E-state index in [4.69, 9.17) is 4.74 Å². The molecule has 3 heterocycles. The highest BCUT2D eigenvalue weighted by molar-refractivity contribution is 5.77. The number of ether oxygens (including phenoxy) is 1. The van der Waals surface area contributed by atoms with Gasteiger partial charge in [0.15, 0.2) is 0 Å². The molecule has 2 aromatic rings. The number of amides is 1. The van der Waals surface area contributed by atoms with Gasteiger partial charge in [0, 0.05) is 32.0 Å². The van der Waals surface area contributed by atoms with Crippen LogP contribution in [0.5, 0.6) is 0 Å². The first kappa shape index (κ1) is 17.2. The smallest absolute Gasteiger partial charge is 0.234 e. The zero-order valence-electron chi connectivity index (χ0n) is 14.0. The van der Waals surface area contributed by atoms with Crippen LogP contribution in [0.15, 0.2) is 42.7 Å². The largest absolute Gasteiger partial charge is 0.374 e. The quantitative estimate of drug-likeness (QED) is 0.748. The van der Waals surface area contributed by atoms with E-state index >= 15 is 0 Å². The molecule has 0 aromatic carbocycles. The molecule has 132 valence electrons. The number of nitrogens with zero attached hydrogens (tertiary/aromatic N) is 4. The lowest BCUT2D eigenvalue weighted by molar-refractivity contribution is -0.124. The molecule has 1 amide bonds. The van der Waals surface area contributed by atoms with Gasteiger partial charge in [-0.1, -0.05) is 6.07 Å². The minimum Gasteiger partial charge on any atom is -0.374 e. The van der Waals surface area contributed by atoms with Crippen LogP contribution in [-0.2, 0) is 16.1 Å². The van der Waals surface area contributed by atoms with E-state index in [1.165, 1.54) is 0 Å². The Balaban J connectivity index is 1.39. The third kappa shape index (κ3) is 5.77. The second-order valence-electron chi connectivity index (χ2n) is 5.82. The third-order valence-corrected chi connectivity index (χ3v) is 3.87. The van der Waals surface area contributed by atoms with Crippen LogP contribution in [0.25, 0.3) is 0 Å². The SMILES string of the molecule is O=C(CN1CCO[C@@H](CNc2cccnn2)C1)NCc1ccccn1. The Morgan fingerprint density at radius 3 is 3.04 bits per heavy atom. The van der Waals surface area contributed by atoms with E-state index in [0.29, 0.717) is 32.8 Å². The lowest BCUT2D eigenvalue weighted by Gasteiger charge is -2.32. The molecule has 0 saturated carbocycles. The number of anilines is 1. The van der Waals surface area contributed by atoms with Crippen LogP contribution in [0.3, 0.4) is 0 Å². The Hall–Kier alpha value is -2.58. The van der Waals surface area contributed by atoms with Gasteiger partial charge in [-0.25, -0.2) is 0 Å². The number of morpholine rings is 1. The molecule has 2 aromatic heterocycles. The van der Waals surface area contributed by atoms with Crippen molar-refractivity contribution in [2.45, 2.75) is 12.6 Å². The van der Waals surface area contributed by atoms with Gasteiger partial charge < -0.3 is 15.4 Å². The number of nitrogens with one attached hydrogen (secondary N) is 2. The van der Waals surface area contributed by atoms with Gasteiger partial charge in [0.25, 0.3) is 0 Å². The number of carbonyl (C=O) groups is 1. The fraction of sp³-hybridized carbons (Fsp3) is 0.412. The first-order valence-electron chi connectivity index (χ1n) is 8.32. The molecular weight excluding hydrogens is 320 g/mol. The summed E-state index contributed by atoms with van der Waals surface area (Å²) in [6.45, 7) is 3.49. The highest BCUT2D eigenvalue weighted by Gasteiger charge is 2.22. The molecule has 0 radical (unpaired) electrons. The maximum absolute atomic E-state index is 12.1. The number of hydrogen-bond donors (Lipinski definition) is 2. The third-order valence-electron chi connectivity index (χ3n) is 3.87. The minimum absolute atomic E-state index is 0.00631. The van der Waals surface area contributed by atoms with Gasteiger partial charge in [-0.2, -0.15) is 5.10 Å². The van der Waals surface area contributed by atoms with E-state index in [-0.39, 0.29) is 12.0 Å². The number of pyridine rings is 1. The number of rotatable bonds is 7. The normalized spacial score (nSPS) is 17.8. The highest BCUT2D eigenvalue weighted by Crippen LogP contribution is 2.07. The lowest BCUT2D eigenvalue weighted by atomic mass is 10.2. The fourth-order valence-corrected chi connectivity index (χ4v) is 2.61. The summed E-state index contributed by atoms with van der Waals surface area (Å²) in [5.41, 5.74) is 0.851. The van der Waals surface area contributed by atoms with Crippen LogP contribution >= 0.6 is 0 Å². The van der Waals surface area contributed by atoms with Gasteiger partial charge >= 0.3 is 0 Å². The van der Waals surface area contributed by atoms with E-state index in [0.717, 1.165) is 18.1 Å². The Bertz CT molecular complexity index is 655. The highest BCUT2D eigenvalue weighted by atomic mass is 16.5. The van der Waals surface area contributed by atoms with Crippen molar-refractivity contribution in [2.75, 3.05) is 38.1 Å². The molecule has 1 aliphatic heterocycles. The fourth-order valence-electron chi connectivity index (χ4n) is 2.61. The van der Waals surface area contributed by atoms with Gasteiger partial charge in [-0.3, -0.25) is 14.7 Å². The summed E-state index contributed by atoms with van der Waals surface area (Å²) in [6.07, 6.45) is 3.37. The van der Waals surface area contributed by atoms with Crippen molar-refractivity contribution in [1.82, 2.24) is 25.4 Å². The Kier molecular flexibility index (Phi) is 6.24. The second kappa shape index (κ2) is 9.05. The van der Waals surface area contributed by atoms with Crippen molar-refractivity contribution in [3.05, 3.63) is 48.4 Å². The van der Waals surface area contributed by atoms with Crippen LogP contribution in [-0.4, -0.2) is 64.9 Å². The topological polar surface area (TPSA) is 92.3 Å². The van der Waals surface area contributed by atoms with Crippen molar-refractivity contribution in [1.29, 1.82) is 0 Å². The number of aromatic nitrogens is 3. The first-order valence-corrected chi connectivity index (χ1v) is 8.32. The Labute approximate surface area is 146 Å². The molecule has 1 aliphatic rings. The summed E-state index contributed by atoms with van der Waals surface area (Å²) >= 11 is 0. The van der Waals surface area contributed by atoms with Crippen LogP contribution in [0.2, 0.25) is 0 Å². The van der Waals surface area contributed by atoms with Crippen molar-refractivity contribution < 1.29 is 9.53 Å². The van der Waals surface area contributed by atoms with Crippen LogP contribution in [0.4, 0.5) is 5.82 Å². The molecule has 0 unspecified atom stereocenters. The van der Waals surface area contributed by atoms with E-state index < -0.39 is 0 Å². The molecule has 3 rings (SSSR count). The van der Waals surface area contributed by atoms with Crippen molar-refractivity contribution in [2.24, 2.45) is 0 Å². The lowest BCUT2D eigenvalue weighted by Crippen LogP contribution is -2.48. The molecule has 1 atom stereocenters. The molecule has 8 nitrogen and oxygen atoms in total. The Morgan fingerprint density at radius 1 is 1.28 bits per heavy atom.